The van der Waals surface area contributed by atoms with Gasteiger partial charge in [0.1, 0.15) is 17.3 Å². The van der Waals surface area contributed by atoms with Gasteiger partial charge in [-0.05, 0) is 39.2 Å². The highest BCUT2D eigenvalue weighted by Gasteiger charge is 2.29. The number of nitrogens with zero attached hydrogens (tertiary/aromatic N) is 4. The molecule has 4 nitrogen and oxygen atoms in total. The van der Waals surface area contributed by atoms with Gasteiger partial charge in [0.15, 0.2) is 0 Å². The summed E-state index contributed by atoms with van der Waals surface area (Å²) in [5.74, 6) is 0.442. The average molecular weight is 360 g/mol. The number of hydrogen-bond donors (Lipinski definition) is 0. The van der Waals surface area contributed by atoms with Crippen LogP contribution < -0.4 is 4.90 Å². The number of aromatic nitrogens is 3. The van der Waals surface area contributed by atoms with E-state index in [0.29, 0.717) is 11.7 Å². The molecule has 2 aromatic heterocycles. The molecule has 0 bridgehead atoms. The normalized spacial score (nSPS) is 16.2. The lowest BCUT2D eigenvalue weighted by atomic mass is 9.91. The zero-order valence-corrected chi connectivity index (χ0v) is 15.9. The minimum Gasteiger partial charge on any atom is -0.356 e. The molecule has 2 aromatic rings. The van der Waals surface area contributed by atoms with E-state index in [1.807, 2.05) is 22.8 Å². The second kappa shape index (κ2) is 6.82. The molecule has 6 heteroatoms. The van der Waals surface area contributed by atoms with Crippen LogP contribution in [0.2, 0.25) is 0 Å². The summed E-state index contributed by atoms with van der Waals surface area (Å²) in [6, 6.07) is 1.39. The van der Waals surface area contributed by atoms with Gasteiger partial charge in [-0.25, -0.2) is 13.8 Å². The largest absolute Gasteiger partial charge is 0.356 e. The molecule has 3 heterocycles. The molecule has 0 unspecified atom stereocenters. The van der Waals surface area contributed by atoms with Crippen molar-refractivity contribution in [3.63, 3.8) is 0 Å². The zero-order chi connectivity index (χ0) is 19.1. The van der Waals surface area contributed by atoms with E-state index in [2.05, 4.69) is 23.6 Å². The standard InChI is InChI=1S/C20H26F2N4/c1-6-15-16(21)11-17(24-19(15)20(3,4)22)26-9-7-14(8-10-26)18-13(2)12-23-25(18)5/h6,11-12,14H,1,7-10H2,2-5H3. The van der Waals surface area contributed by atoms with Crippen LogP contribution in [-0.4, -0.2) is 27.9 Å². The Hall–Kier alpha value is -2.24. The first-order valence-electron chi connectivity index (χ1n) is 8.98. The minimum absolute atomic E-state index is 0.104. The first kappa shape index (κ1) is 18.5. The third-order valence-corrected chi connectivity index (χ3v) is 5.14. The molecule has 1 saturated heterocycles. The molecule has 0 radical (unpaired) electrons. The molecule has 0 saturated carbocycles. The number of piperidine rings is 1. The molecule has 1 aliphatic rings. The lowest BCUT2D eigenvalue weighted by Crippen LogP contribution is -2.35. The Balaban J connectivity index is 1.84. The van der Waals surface area contributed by atoms with Crippen molar-refractivity contribution in [3.8, 4) is 0 Å². The summed E-state index contributed by atoms with van der Waals surface area (Å²) < 4.78 is 31.0. The lowest BCUT2D eigenvalue weighted by Gasteiger charge is -2.34. The van der Waals surface area contributed by atoms with Gasteiger partial charge in [0.2, 0.25) is 0 Å². The van der Waals surface area contributed by atoms with E-state index in [4.69, 9.17) is 0 Å². The molecule has 0 amide bonds. The summed E-state index contributed by atoms with van der Waals surface area (Å²) in [7, 11) is 1.97. The molecule has 0 spiro atoms. The number of anilines is 1. The maximum Gasteiger partial charge on any atom is 0.147 e. The molecule has 140 valence electrons. The van der Waals surface area contributed by atoms with E-state index in [1.165, 1.54) is 37.2 Å². The summed E-state index contributed by atoms with van der Waals surface area (Å²) in [5, 5.41) is 4.33. The molecule has 1 aliphatic heterocycles. The van der Waals surface area contributed by atoms with Crippen molar-refractivity contribution >= 4 is 11.9 Å². The topological polar surface area (TPSA) is 34.0 Å². The Morgan fingerprint density at radius 1 is 1.31 bits per heavy atom. The van der Waals surface area contributed by atoms with Crippen LogP contribution in [0, 0.1) is 12.7 Å². The summed E-state index contributed by atoms with van der Waals surface area (Å²) >= 11 is 0. The number of hydrogen-bond acceptors (Lipinski definition) is 3. The third-order valence-electron chi connectivity index (χ3n) is 5.14. The smallest absolute Gasteiger partial charge is 0.147 e. The Kier molecular flexibility index (Phi) is 4.86. The van der Waals surface area contributed by atoms with E-state index >= 15 is 0 Å². The van der Waals surface area contributed by atoms with Crippen molar-refractivity contribution in [1.82, 2.24) is 14.8 Å². The van der Waals surface area contributed by atoms with Gasteiger partial charge in [0.25, 0.3) is 0 Å². The van der Waals surface area contributed by atoms with E-state index in [-0.39, 0.29) is 11.3 Å². The van der Waals surface area contributed by atoms with Gasteiger partial charge in [0, 0.05) is 43.4 Å². The van der Waals surface area contributed by atoms with Crippen LogP contribution in [0.15, 0.2) is 18.8 Å². The van der Waals surface area contributed by atoms with Crippen LogP contribution in [0.1, 0.15) is 55.1 Å². The van der Waals surface area contributed by atoms with Gasteiger partial charge in [-0.3, -0.25) is 4.68 Å². The Morgan fingerprint density at radius 2 is 1.96 bits per heavy atom. The molecular formula is C20H26F2N4. The molecule has 26 heavy (non-hydrogen) atoms. The molecule has 1 fully saturated rings. The molecular weight excluding hydrogens is 334 g/mol. The first-order valence-corrected chi connectivity index (χ1v) is 8.98. The maximum atomic E-state index is 14.5. The van der Waals surface area contributed by atoms with Gasteiger partial charge in [0.05, 0.1) is 11.9 Å². The van der Waals surface area contributed by atoms with Gasteiger partial charge in [-0.1, -0.05) is 12.7 Å². The quantitative estimate of drug-likeness (QED) is 0.805. The van der Waals surface area contributed by atoms with Gasteiger partial charge in [-0.2, -0.15) is 5.10 Å². The number of pyridine rings is 1. The fourth-order valence-electron chi connectivity index (χ4n) is 3.85. The number of rotatable bonds is 4. The molecule has 0 N–H and O–H groups in total. The molecule has 3 rings (SSSR count). The van der Waals surface area contributed by atoms with Crippen molar-refractivity contribution in [1.29, 1.82) is 0 Å². The van der Waals surface area contributed by atoms with Crippen molar-refractivity contribution in [2.45, 2.75) is 45.2 Å². The second-order valence-corrected chi connectivity index (χ2v) is 7.50. The van der Waals surface area contributed by atoms with Crippen LogP contribution in [0.25, 0.3) is 6.08 Å². The molecule has 0 aromatic carbocycles. The molecule has 0 aliphatic carbocycles. The van der Waals surface area contributed by atoms with Crippen molar-refractivity contribution in [2.75, 3.05) is 18.0 Å². The van der Waals surface area contributed by atoms with Crippen molar-refractivity contribution in [2.24, 2.45) is 7.05 Å². The predicted octanol–water partition coefficient (Wildman–Crippen LogP) is 4.49. The zero-order valence-electron chi connectivity index (χ0n) is 15.9. The highest BCUT2D eigenvalue weighted by Crippen LogP contribution is 2.34. The lowest BCUT2D eigenvalue weighted by molar-refractivity contribution is 0.213. The van der Waals surface area contributed by atoms with Crippen LogP contribution >= 0.6 is 0 Å². The van der Waals surface area contributed by atoms with E-state index in [1.54, 1.807) is 0 Å². The number of halogens is 2. The van der Waals surface area contributed by atoms with Crippen LogP contribution in [0.5, 0.6) is 0 Å². The van der Waals surface area contributed by atoms with Crippen LogP contribution in [0.3, 0.4) is 0 Å². The van der Waals surface area contributed by atoms with Gasteiger partial charge >= 0.3 is 0 Å². The monoisotopic (exact) mass is 360 g/mol. The highest BCUT2D eigenvalue weighted by atomic mass is 19.1. The van der Waals surface area contributed by atoms with Gasteiger partial charge < -0.3 is 4.90 Å². The summed E-state index contributed by atoms with van der Waals surface area (Å²) in [5.41, 5.74) is 0.974. The first-order chi connectivity index (χ1) is 12.2. The number of alkyl halides is 1. The SMILES string of the molecule is C=Cc1c(F)cc(N2CCC(c3c(C)cnn3C)CC2)nc1C(C)(C)F. The van der Waals surface area contributed by atoms with E-state index in [9.17, 15) is 8.78 Å². The maximum absolute atomic E-state index is 14.5. The van der Waals surface area contributed by atoms with Crippen molar-refractivity contribution in [3.05, 3.63) is 47.2 Å². The van der Waals surface area contributed by atoms with E-state index in [0.717, 1.165) is 25.9 Å². The van der Waals surface area contributed by atoms with Crippen molar-refractivity contribution < 1.29 is 8.78 Å². The van der Waals surface area contributed by atoms with Crippen LogP contribution in [-0.2, 0) is 12.7 Å². The Morgan fingerprint density at radius 3 is 2.46 bits per heavy atom. The fourth-order valence-corrected chi connectivity index (χ4v) is 3.85. The Labute approximate surface area is 153 Å². The number of aryl methyl sites for hydroxylation is 2. The minimum atomic E-state index is -1.73. The van der Waals surface area contributed by atoms with Gasteiger partial charge in [-0.15, -0.1) is 0 Å². The summed E-state index contributed by atoms with van der Waals surface area (Å²) in [4.78, 5) is 6.48. The second-order valence-electron chi connectivity index (χ2n) is 7.50. The summed E-state index contributed by atoms with van der Waals surface area (Å²) in [6.07, 6.45) is 5.09. The fraction of sp³-hybridized carbons (Fsp3) is 0.500. The summed E-state index contributed by atoms with van der Waals surface area (Å²) in [6.45, 7) is 9.96. The highest BCUT2D eigenvalue weighted by molar-refractivity contribution is 5.56. The average Bonchev–Trinajstić information content (AvgIpc) is 2.92. The van der Waals surface area contributed by atoms with Crippen LogP contribution in [0.4, 0.5) is 14.6 Å². The Bertz CT molecular complexity index is 792. The third kappa shape index (κ3) is 3.37. The van der Waals surface area contributed by atoms with E-state index < -0.39 is 11.5 Å². The molecule has 0 atom stereocenters. The predicted molar refractivity (Wildman–Crippen MR) is 101 cm³/mol.